The van der Waals surface area contributed by atoms with E-state index in [1.165, 1.54) is 6.08 Å². The summed E-state index contributed by atoms with van der Waals surface area (Å²) in [6, 6.07) is 6.88. The Labute approximate surface area is 117 Å². The molecule has 19 heavy (non-hydrogen) atoms. The van der Waals surface area contributed by atoms with Gasteiger partial charge in [0.1, 0.15) is 0 Å². The lowest BCUT2D eigenvalue weighted by Crippen LogP contribution is -2.28. The Hall–Kier alpha value is -1.75. The van der Waals surface area contributed by atoms with Crippen molar-refractivity contribution in [1.82, 2.24) is 4.90 Å². The minimum Gasteiger partial charge on any atom is -0.478 e. The highest BCUT2D eigenvalue weighted by Crippen LogP contribution is 2.09. The van der Waals surface area contributed by atoms with Crippen LogP contribution in [-0.2, 0) is 4.79 Å². The van der Waals surface area contributed by atoms with Crippen LogP contribution in [0.3, 0.4) is 0 Å². The summed E-state index contributed by atoms with van der Waals surface area (Å²) in [5, 5.41) is 8.52. The van der Waals surface area contributed by atoms with Crippen LogP contribution in [0.25, 0.3) is 6.08 Å². The lowest BCUT2D eigenvalue weighted by Gasteiger charge is -2.16. The van der Waals surface area contributed by atoms with Crippen molar-refractivity contribution in [3.63, 3.8) is 0 Å². The minimum absolute atomic E-state index is 0.0252. The van der Waals surface area contributed by atoms with Gasteiger partial charge in [0.15, 0.2) is 0 Å². The number of carbonyl (C=O) groups excluding carboxylic acids is 1. The molecule has 1 N–H and O–H groups in total. The summed E-state index contributed by atoms with van der Waals surface area (Å²) in [7, 11) is 1.77. The molecule has 0 fully saturated rings. The molecule has 1 amide bonds. The molecule has 5 heteroatoms. The molecule has 0 saturated heterocycles. The van der Waals surface area contributed by atoms with E-state index in [1.807, 2.05) is 6.26 Å². The first kappa shape index (κ1) is 15.3. The van der Waals surface area contributed by atoms with Crippen LogP contribution in [0.1, 0.15) is 15.9 Å². The number of carbonyl (C=O) groups is 2. The van der Waals surface area contributed by atoms with E-state index in [2.05, 4.69) is 0 Å². The van der Waals surface area contributed by atoms with E-state index in [9.17, 15) is 9.59 Å². The number of hydrogen-bond acceptors (Lipinski definition) is 3. The normalized spacial score (nSPS) is 10.6. The van der Waals surface area contributed by atoms with Crippen LogP contribution in [0, 0.1) is 0 Å². The largest absolute Gasteiger partial charge is 0.478 e. The lowest BCUT2D eigenvalue weighted by molar-refractivity contribution is -0.131. The van der Waals surface area contributed by atoms with Gasteiger partial charge in [-0.3, -0.25) is 4.79 Å². The van der Waals surface area contributed by atoms with Gasteiger partial charge in [-0.05, 0) is 30.0 Å². The van der Waals surface area contributed by atoms with Gasteiger partial charge in [-0.25, -0.2) is 4.79 Å². The smallest absolute Gasteiger partial charge is 0.328 e. The van der Waals surface area contributed by atoms with E-state index in [0.717, 1.165) is 17.4 Å². The first-order chi connectivity index (χ1) is 9.04. The maximum atomic E-state index is 12.0. The van der Waals surface area contributed by atoms with Gasteiger partial charge in [-0.1, -0.05) is 12.1 Å². The summed E-state index contributed by atoms with van der Waals surface area (Å²) in [6.07, 6.45) is 4.57. The zero-order valence-corrected chi connectivity index (χ0v) is 11.8. The topological polar surface area (TPSA) is 57.6 Å². The Bertz CT molecular complexity index is 468. The van der Waals surface area contributed by atoms with E-state index in [-0.39, 0.29) is 5.91 Å². The highest BCUT2D eigenvalue weighted by molar-refractivity contribution is 7.98. The molecular weight excluding hydrogens is 262 g/mol. The summed E-state index contributed by atoms with van der Waals surface area (Å²) in [6.45, 7) is 0.709. The third kappa shape index (κ3) is 5.18. The number of aliphatic carboxylic acids is 1. The van der Waals surface area contributed by atoms with E-state index >= 15 is 0 Å². The molecule has 0 aliphatic heterocycles. The Morgan fingerprint density at radius 1 is 1.32 bits per heavy atom. The van der Waals surface area contributed by atoms with Crippen LogP contribution in [0.15, 0.2) is 30.3 Å². The highest BCUT2D eigenvalue weighted by Gasteiger charge is 2.10. The SMILES string of the molecule is CSCCN(C)C(=O)c1ccc(/C=C/C(=O)O)cc1. The number of rotatable bonds is 6. The zero-order chi connectivity index (χ0) is 14.3. The van der Waals surface area contributed by atoms with E-state index < -0.39 is 5.97 Å². The fourth-order valence-electron chi connectivity index (χ4n) is 1.45. The van der Waals surface area contributed by atoms with Gasteiger partial charge in [0, 0.05) is 31.0 Å². The van der Waals surface area contributed by atoms with Crippen LogP contribution >= 0.6 is 11.8 Å². The zero-order valence-electron chi connectivity index (χ0n) is 11.0. The van der Waals surface area contributed by atoms with Crippen molar-refractivity contribution in [3.05, 3.63) is 41.5 Å². The van der Waals surface area contributed by atoms with Crippen LogP contribution in [0.4, 0.5) is 0 Å². The number of carboxylic acid groups (broad SMARTS) is 1. The van der Waals surface area contributed by atoms with E-state index in [1.54, 1.807) is 48.0 Å². The molecule has 102 valence electrons. The first-order valence-electron chi connectivity index (χ1n) is 5.80. The van der Waals surface area contributed by atoms with Gasteiger partial charge in [-0.15, -0.1) is 0 Å². The molecule has 0 aliphatic rings. The maximum Gasteiger partial charge on any atom is 0.328 e. The molecule has 0 bridgehead atoms. The average Bonchev–Trinajstić information content (AvgIpc) is 2.42. The molecule has 1 aromatic carbocycles. The number of amides is 1. The number of benzene rings is 1. The Morgan fingerprint density at radius 3 is 2.47 bits per heavy atom. The molecule has 1 aromatic rings. The molecule has 0 radical (unpaired) electrons. The quantitative estimate of drug-likeness (QED) is 0.811. The molecule has 0 unspecified atom stereocenters. The number of hydrogen-bond donors (Lipinski definition) is 1. The average molecular weight is 279 g/mol. The second-order valence-electron chi connectivity index (χ2n) is 4.01. The van der Waals surface area contributed by atoms with E-state index in [0.29, 0.717) is 12.1 Å². The molecule has 0 spiro atoms. The molecule has 1 rings (SSSR count). The monoisotopic (exact) mass is 279 g/mol. The number of nitrogens with zero attached hydrogens (tertiary/aromatic N) is 1. The van der Waals surface area contributed by atoms with E-state index in [4.69, 9.17) is 5.11 Å². The summed E-state index contributed by atoms with van der Waals surface area (Å²) >= 11 is 1.70. The van der Waals surface area contributed by atoms with Crippen molar-refractivity contribution in [2.75, 3.05) is 25.6 Å². The molecule has 0 heterocycles. The highest BCUT2D eigenvalue weighted by atomic mass is 32.2. The lowest BCUT2D eigenvalue weighted by atomic mass is 10.1. The number of thioether (sulfide) groups is 1. The maximum absolute atomic E-state index is 12.0. The van der Waals surface area contributed by atoms with Crippen molar-refractivity contribution in [3.8, 4) is 0 Å². The van der Waals surface area contributed by atoms with Gasteiger partial charge < -0.3 is 10.0 Å². The molecule has 0 saturated carbocycles. The Balaban J connectivity index is 2.70. The standard InChI is InChI=1S/C14H17NO3S/c1-15(9-10-19-2)14(18)12-6-3-11(4-7-12)5-8-13(16)17/h3-8H,9-10H2,1-2H3,(H,16,17)/b8-5+. The second kappa shape index (κ2) is 7.63. The molecule has 0 aliphatic carbocycles. The van der Waals surface area contributed by atoms with Crippen molar-refractivity contribution in [2.24, 2.45) is 0 Å². The van der Waals surface area contributed by atoms with Crippen LogP contribution in [0.5, 0.6) is 0 Å². The predicted octanol–water partition coefficient (Wildman–Crippen LogP) is 2.22. The van der Waals surface area contributed by atoms with Crippen LogP contribution < -0.4 is 0 Å². The minimum atomic E-state index is -0.989. The Kier molecular flexibility index (Phi) is 6.15. The van der Waals surface area contributed by atoms with Crippen LogP contribution in [-0.4, -0.2) is 47.5 Å². The van der Waals surface area contributed by atoms with Crippen molar-refractivity contribution in [2.45, 2.75) is 0 Å². The second-order valence-corrected chi connectivity index (χ2v) is 5.00. The van der Waals surface area contributed by atoms with Crippen LogP contribution in [0.2, 0.25) is 0 Å². The van der Waals surface area contributed by atoms with Gasteiger partial charge >= 0.3 is 5.97 Å². The van der Waals surface area contributed by atoms with Gasteiger partial charge in [-0.2, -0.15) is 11.8 Å². The molecule has 0 atom stereocenters. The Morgan fingerprint density at radius 2 is 1.95 bits per heavy atom. The summed E-state index contributed by atoms with van der Waals surface area (Å²) in [5.74, 6) is -0.110. The third-order valence-corrected chi connectivity index (χ3v) is 3.14. The fourth-order valence-corrected chi connectivity index (χ4v) is 1.91. The fraction of sp³-hybridized carbons (Fsp3) is 0.286. The molecular formula is C14H17NO3S. The third-order valence-electron chi connectivity index (χ3n) is 2.55. The van der Waals surface area contributed by atoms with Gasteiger partial charge in [0.25, 0.3) is 5.91 Å². The summed E-state index contributed by atoms with van der Waals surface area (Å²) in [4.78, 5) is 24.1. The first-order valence-corrected chi connectivity index (χ1v) is 7.19. The van der Waals surface area contributed by atoms with Crippen molar-refractivity contribution in [1.29, 1.82) is 0 Å². The van der Waals surface area contributed by atoms with Crippen molar-refractivity contribution < 1.29 is 14.7 Å². The van der Waals surface area contributed by atoms with Gasteiger partial charge in [0.05, 0.1) is 0 Å². The molecule has 4 nitrogen and oxygen atoms in total. The summed E-state index contributed by atoms with van der Waals surface area (Å²) < 4.78 is 0. The van der Waals surface area contributed by atoms with Crippen molar-refractivity contribution >= 4 is 29.7 Å². The number of carboxylic acids is 1. The molecule has 0 aromatic heterocycles. The predicted molar refractivity (Wildman–Crippen MR) is 78.5 cm³/mol. The van der Waals surface area contributed by atoms with Gasteiger partial charge in [0.2, 0.25) is 0 Å². The summed E-state index contributed by atoms with van der Waals surface area (Å²) in [5.41, 5.74) is 1.36.